The summed E-state index contributed by atoms with van der Waals surface area (Å²) in [6.45, 7) is -0.0911. The van der Waals surface area contributed by atoms with Gasteiger partial charge in [0.2, 0.25) is 11.9 Å². The van der Waals surface area contributed by atoms with E-state index in [2.05, 4.69) is 25.3 Å². The molecule has 9 nitrogen and oxygen atoms in total. The highest BCUT2D eigenvalue weighted by atomic mass is 32.2. The molecular weight excluding hydrogens is 410 g/mol. The Morgan fingerprint density at radius 1 is 1.14 bits per heavy atom. The van der Waals surface area contributed by atoms with E-state index in [1.807, 2.05) is 30.3 Å². The summed E-state index contributed by atoms with van der Waals surface area (Å²) in [7, 11) is 3.58. The number of carbonyl (C=O) groups excluding carboxylic acids is 1. The molecule has 0 aliphatic carbocycles. The molecular formula is C18H17N7O2S2. The molecule has 0 unspecified atom stereocenters. The van der Waals surface area contributed by atoms with Crippen molar-refractivity contribution in [1.82, 2.24) is 19.9 Å². The van der Waals surface area contributed by atoms with Crippen molar-refractivity contribution >= 4 is 60.9 Å². The number of benzene rings is 1. The first-order valence-electron chi connectivity index (χ1n) is 8.55. The van der Waals surface area contributed by atoms with Gasteiger partial charge in [-0.1, -0.05) is 29.5 Å². The number of carbonyl (C=O) groups is 1. The van der Waals surface area contributed by atoms with Crippen molar-refractivity contribution < 1.29 is 9.53 Å². The molecule has 29 heavy (non-hydrogen) atoms. The molecule has 0 spiro atoms. The van der Waals surface area contributed by atoms with Gasteiger partial charge in [0.05, 0.1) is 5.52 Å². The molecule has 3 aromatic heterocycles. The smallest absolute Gasteiger partial charge is 0.348 e. The van der Waals surface area contributed by atoms with E-state index in [4.69, 9.17) is 10.5 Å². The summed E-state index contributed by atoms with van der Waals surface area (Å²) in [6.07, 6.45) is 0. The van der Waals surface area contributed by atoms with Crippen LogP contribution in [0.5, 0.6) is 0 Å². The Hall–Kier alpha value is -3.31. The molecule has 0 radical (unpaired) electrons. The van der Waals surface area contributed by atoms with Crippen molar-refractivity contribution in [3.8, 4) is 0 Å². The van der Waals surface area contributed by atoms with Gasteiger partial charge in [0.1, 0.15) is 8.89 Å². The maximum absolute atomic E-state index is 12.4. The molecule has 0 aliphatic heterocycles. The minimum atomic E-state index is -0.455. The van der Waals surface area contributed by atoms with Crippen molar-refractivity contribution in [2.24, 2.45) is 0 Å². The fraction of sp³-hybridized carbons (Fsp3) is 0.167. The van der Waals surface area contributed by atoms with E-state index < -0.39 is 5.97 Å². The Bertz CT molecular complexity index is 1130. The Morgan fingerprint density at radius 2 is 1.93 bits per heavy atom. The number of ether oxygens (including phenoxy) is 1. The number of thiophene rings is 1. The first-order chi connectivity index (χ1) is 14.0. The Kier molecular flexibility index (Phi) is 5.23. The number of para-hydroxylation sites is 1. The average Bonchev–Trinajstić information content (AvgIpc) is 3.25. The molecule has 0 aliphatic rings. The molecule has 0 saturated carbocycles. The third-order valence-electron chi connectivity index (χ3n) is 3.74. The molecule has 0 bridgehead atoms. The molecule has 4 aromatic rings. The zero-order chi connectivity index (χ0) is 20.4. The molecule has 1 aromatic carbocycles. The van der Waals surface area contributed by atoms with Gasteiger partial charge >= 0.3 is 5.97 Å². The summed E-state index contributed by atoms with van der Waals surface area (Å²) in [4.78, 5) is 31.3. The summed E-state index contributed by atoms with van der Waals surface area (Å²) in [5.74, 6) is 0.320. The highest BCUT2D eigenvalue weighted by Crippen LogP contribution is 2.35. The van der Waals surface area contributed by atoms with E-state index in [-0.39, 0.29) is 12.6 Å². The molecule has 3 heterocycles. The van der Waals surface area contributed by atoms with E-state index in [1.54, 1.807) is 25.1 Å². The predicted molar refractivity (Wildman–Crippen MR) is 115 cm³/mol. The zero-order valence-electron chi connectivity index (χ0n) is 15.6. The van der Waals surface area contributed by atoms with Crippen LogP contribution in [0.4, 0.5) is 22.7 Å². The lowest BCUT2D eigenvalue weighted by Gasteiger charge is -2.11. The second kappa shape index (κ2) is 7.97. The van der Waals surface area contributed by atoms with Gasteiger partial charge in [-0.05, 0) is 18.2 Å². The topological polar surface area (TPSA) is 119 Å². The van der Waals surface area contributed by atoms with Crippen LogP contribution in [-0.2, 0) is 11.3 Å². The molecule has 3 N–H and O–H groups in total. The van der Waals surface area contributed by atoms with E-state index >= 15 is 0 Å². The molecule has 11 heteroatoms. The van der Waals surface area contributed by atoms with Crippen LogP contribution in [0.15, 0.2) is 36.4 Å². The second-order valence-electron chi connectivity index (χ2n) is 6.17. The van der Waals surface area contributed by atoms with Crippen LogP contribution in [0.3, 0.4) is 0 Å². The first kappa shape index (κ1) is 19.0. The van der Waals surface area contributed by atoms with Gasteiger partial charge in [0, 0.05) is 19.8 Å². The minimum absolute atomic E-state index is 0.0778. The standard InChI is InChI=1S/C18H17N7O2S2/c1-25(2)17-23-13(22-16(19)24-17)9-27-14(26)12-8-11-15(28-12)29-18(21-11)20-10-6-4-3-5-7-10/h3-8H,9H2,1-2H3,(H,20,21)(H2,19,22,23,24). The number of thiazole rings is 1. The number of rotatable bonds is 6. The Morgan fingerprint density at radius 3 is 2.66 bits per heavy atom. The lowest BCUT2D eigenvalue weighted by molar-refractivity contribution is 0.0468. The van der Waals surface area contributed by atoms with Crippen LogP contribution in [0.1, 0.15) is 15.5 Å². The average molecular weight is 428 g/mol. The molecule has 0 atom stereocenters. The van der Waals surface area contributed by atoms with Crippen molar-refractivity contribution in [1.29, 1.82) is 0 Å². The molecule has 148 valence electrons. The Labute approximate surface area is 174 Å². The summed E-state index contributed by atoms with van der Waals surface area (Å²) in [5.41, 5.74) is 7.40. The van der Waals surface area contributed by atoms with E-state index in [0.29, 0.717) is 16.6 Å². The van der Waals surface area contributed by atoms with Gasteiger partial charge in [0.15, 0.2) is 17.6 Å². The SMILES string of the molecule is CN(C)c1nc(N)nc(COC(=O)c2cc3nc(Nc4ccccc4)sc3s2)n1. The minimum Gasteiger partial charge on any atom is -0.453 e. The summed E-state index contributed by atoms with van der Waals surface area (Å²) < 4.78 is 6.27. The molecule has 0 saturated heterocycles. The molecule has 0 amide bonds. The highest BCUT2D eigenvalue weighted by Gasteiger charge is 2.16. The number of fused-ring (bicyclic) bond motifs is 1. The third-order valence-corrected chi connectivity index (χ3v) is 5.92. The van der Waals surface area contributed by atoms with Crippen molar-refractivity contribution in [2.45, 2.75) is 6.61 Å². The quantitative estimate of drug-likeness (QED) is 0.447. The van der Waals surface area contributed by atoms with Crippen LogP contribution in [0.2, 0.25) is 0 Å². The highest BCUT2D eigenvalue weighted by molar-refractivity contribution is 7.40. The predicted octanol–water partition coefficient (Wildman–Crippen LogP) is 3.29. The largest absolute Gasteiger partial charge is 0.453 e. The summed E-state index contributed by atoms with van der Waals surface area (Å²) in [5, 5.41) is 4.03. The van der Waals surface area contributed by atoms with E-state index in [9.17, 15) is 4.79 Å². The number of nitrogens with zero attached hydrogens (tertiary/aromatic N) is 5. The van der Waals surface area contributed by atoms with Gasteiger partial charge in [-0.2, -0.15) is 15.0 Å². The van der Waals surface area contributed by atoms with Crippen molar-refractivity contribution in [3.63, 3.8) is 0 Å². The van der Waals surface area contributed by atoms with Crippen LogP contribution in [-0.4, -0.2) is 40.0 Å². The number of nitrogens with two attached hydrogens (primary N) is 1. The van der Waals surface area contributed by atoms with Gasteiger partial charge < -0.3 is 20.7 Å². The van der Waals surface area contributed by atoms with E-state index in [0.717, 1.165) is 20.3 Å². The van der Waals surface area contributed by atoms with Gasteiger partial charge in [0.25, 0.3) is 0 Å². The van der Waals surface area contributed by atoms with Crippen LogP contribution < -0.4 is 16.0 Å². The van der Waals surface area contributed by atoms with Crippen LogP contribution in [0, 0.1) is 0 Å². The summed E-state index contributed by atoms with van der Waals surface area (Å²) in [6, 6.07) is 11.5. The fourth-order valence-electron chi connectivity index (χ4n) is 2.43. The number of hydrogen-bond donors (Lipinski definition) is 2. The van der Waals surface area contributed by atoms with Gasteiger partial charge in [-0.15, -0.1) is 11.3 Å². The van der Waals surface area contributed by atoms with Crippen molar-refractivity contribution in [2.75, 3.05) is 30.0 Å². The maximum atomic E-state index is 12.4. The maximum Gasteiger partial charge on any atom is 0.348 e. The first-order valence-corrected chi connectivity index (χ1v) is 10.2. The normalized spacial score (nSPS) is 10.8. The monoisotopic (exact) mass is 427 g/mol. The number of nitrogen functional groups attached to an aromatic ring is 1. The molecule has 0 fully saturated rings. The van der Waals surface area contributed by atoms with Crippen LogP contribution >= 0.6 is 22.7 Å². The number of hydrogen-bond acceptors (Lipinski definition) is 11. The van der Waals surface area contributed by atoms with Crippen LogP contribution in [0.25, 0.3) is 9.53 Å². The lowest BCUT2D eigenvalue weighted by atomic mass is 10.3. The third kappa shape index (κ3) is 4.41. The molecule has 4 rings (SSSR count). The number of aromatic nitrogens is 4. The Balaban J connectivity index is 1.43. The fourth-order valence-corrected chi connectivity index (χ4v) is 4.52. The number of anilines is 4. The summed E-state index contributed by atoms with van der Waals surface area (Å²) >= 11 is 2.82. The number of nitrogens with one attached hydrogen (secondary N) is 1. The lowest BCUT2D eigenvalue weighted by Crippen LogP contribution is -2.17. The second-order valence-corrected chi connectivity index (χ2v) is 8.48. The van der Waals surface area contributed by atoms with Gasteiger partial charge in [-0.25, -0.2) is 9.78 Å². The van der Waals surface area contributed by atoms with E-state index in [1.165, 1.54) is 22.7 Å². The number of esters is 1. The van der Waals surface area contributed by atoms with Gasteiger partial charge in [-0.3, -0.25) is 0 Å². The van der Waals surface area contributed by atoms with Crippen molar-refractivity contribution in [3.05, 3.63) is 47.1 Å². The zero-order valence-corrected chi connectivity index (χ0v) is 17.3.